The third-order valence-electron chi connectivity index (χ3n) is 2.34. The van der Waals surface area contributed by atoms with Crippen molar-refractivity contribution in [3.8, 4) is 0 Å². The Kier molecular flexibility index (Phi) is 3.19. The minimum Gasteiger partial charge on any atom is -0.355 e. The zero-order valence-electron chi connectivity index (χ0n) is 9.59. The van der Waals surface area contributed by atoms with Crippen LogP contribution in [-0.4, -0.2) is 31.1 Å². The first-order valence-electron chi connectivity index (χ1n) is 5.48. The molecule has 0 aliphatic rings. The molecule has 0 amide bonds. The first kappa shape index (κ1) is 10.7. The van der Waals surface area contributed by atoms with E-state index in [1.165, 1.54) is 0 Å². The highest BCUT2D eigenvalue weighted by molar-refractivity contribution is 5.25. The quantitative estimate of drug-likeness (QED) is 0.815. The third kappa shape index (κ3) is 2.05. The summed E-state index contributed by atoms with van der Waals surface area (Å²) in [6.45, 7) is 6.48. The monoisotopic (exact) mass is 220 g/mol. The second-order valence-electron chi connectivity index (χ2n) is 3.42. The number of nitrogens with one attached hydrogen (secondary N) is 1. The molecule has 16 heavy (non-hydrogen) atoms. The summed E-state index contributed by atoms with van der Waals surface area (Å²) in [6, 6.07) is 1.90. The lowest BCUT2D eigenvalue weighted by Crippen LogP contribution is -2.11. The van der Waals surface area contributed by atoms with E-state index in [0.717, 1.165) is 24.9 Å². The Morgan fingerprint density at radius 1 is 1.31 bits per heavy atom. The summed E-state index contributed by atoms with van der Waals surface area (Å²) in [7, 11) is 0. The van der Waals surface area contributed by atoms with E-state index >= 15 is 0 Å². The third-order valence-corrected chi connectivity index (χ3v) is 2.34. The van der Waals surface area contributed by atoms with Crippen molar-refractivity contribution in [2.75, 3.05) is 11.9 Å². The van der Waals surface area contributed by atoms with Gasteiger partial charge in [-0.25, -0.2) is 0 Å². The van der Waals surface area contributed by atoms with E-state index in [1.807, 2.05) is 23.9 Å². The maximum absolute atomic E-state index is 4.17. The first-order chi connectivity index (χ1) is 7.85. The zero-order chi connectivity index (χ0) is 11.4. The number of rotatable bonds is 5. The van der Waals surface area contributed by atoms with Gasteiger partial charge < -0.3 is 5.32 Å². The summed E-state index contributed by atoms with van der Waals surface area (Å²) >= 11 is 0. The molecular weight excluding hydrogens is 204 g/mol. The van der Waals surface area contributed by atoms with Crippen LogP contribution in [0.1, 0.15) is 19.7 Å². The summed E-state index contributed by atoms with van der Waals surface area (Å²) < 4.78 is 3.90. The second kappa shape index (κ2) is 4.78. The Labute approximate surface area is 94.3 Å². The Bertz CT molecular complexity index is 430. The van der Waals surface area contributed by atoms with E-state index in [0.29, 0.717) is 6.54 Å². The molecule has 0 atom stereocenters. The van der Waals surface area contributed by atoms with Gasteiger partial charge in [0, 0.05) is 25.5 Å². The highest BCUT2D eigenvalue weighted by Gasteiger charge is 2.09. The van der Waals surface area contributed by atoms with Crippen LogP contribution >= 0.6 is 0 Å². The van der Waals surface area contributed by atoms with Crippen LogP contribution in [-0.2, 0) is 13.1 Å². The van der Waals surface area contributed by atoms with Crippen LogP contribution in [0.4, 0.5) is 5.95 Å². The Balaban J connectivity index is 2.20. The van der Waals surface area contributed by atoms with Gasteiger partial charge in [0.2, 0.25) is 5.95 Å². The molecule has 0 aromatic carbocycles. The minimum absolute atomic E-state index is 0.652. The van der Waals surface area contributed by atoms with E-state index in [4.69, 9.17) is 0 Å². The van der Waals surface area contributed by atoms with Crippen molar-refractivity contribution in [3.05, 3.63) is 24.3 Å². The van der Waals surface area contributed by atoms with Crippen LogP contribution in [0.25, 0.3) is 0 Å². The number of nitrogens with zero attached hydrogens (tertiary/aromatic N) is 5. The van der Waals surface area contributed by atoms with Crippen molar-refractivity contribution in [2.24, 2.45) is 0 Å². The maximum Gasteiger partial charge on any atom is 0.224 e. The molecule has 2 aromatic heterocycles. The van der Waals surface area contributed by atoms with Crippen LogP contribution in [0.5, 0.6) is 0 Å². The normalized spacial score (nSPS) is 10.6. The molecule has 0 radical (unpaired) electrons. The molecular formula is C10H16N6. The van der Waals surface area contributed by atoms with Crippen LogP contribution < -0.4 is 5.32 Å². The van der Waals surface area contributed by atoms with Crippen molar-refractivity contribution in [2.45, 2.75) is 26.9 Å². The Morgan fingerprint density at radius 2 is 2.19 bits per heavy atom. The van der Waals surface area contributed by atoms with Crippen LogP contribution in [0.3, 0.4) is 0 Å². The lowest BCUT2D eigenvalue weighted by atomic mass is 10.5. The smallest absolute Gasteiger partial charge is 0.224 e. The van der Waals surface area contributed by atoms with Gasteiger partial charge in [0.15, 0.2) is 5.82 Å². The predicted molar refractivity (Wildman–Crippen MR) is 61.2 cm³/mol. The van der Waals surface area contributed by atoms with E-state index in [-0.39, 0.29) is 0 Å². The highest BCUT2D eigenvalue weighted by atomic mass is 15.4. The molecule has 0 saturated heterocycles. The fourth-order valence-corrected chi connectivity index (χ4v) is 1.61. The van der Waals surface area contributed by atoms with Gasteiger partial charge in [0.1, 0.15) is 6.54 Å². The molecule has 1 N–H and O–H groups in total. The lowest BCUT2D eigenvalue weighted by molar-refractivity contribution is 0.608. The van der Waals surface area contributed by atoms with Gasteiger partial charge in [-0.05, 0) is 19.9 Å². The Hall–Kier alpha value is -1.85. The molecule has 0 aliphatic carbocycles. The Morgan fingerprint density at radius 3 is 2.81 bits per heavy atom. The first-order valence-corrected chi connectivity index (χ1v) is 5.48. The van der Waals surface area contributed by atoms with Crippen molar-refractivity contribution < 1.29 is 0 Å². The molecule has 86 valence electrons. The van der Waals surface area contributed by atoms with Crippen LogP contribution in [0.2, 0.25) is 0 Å². The topological polar surface area (TPSA) is 60.6 Å². The van der Waals surface area contributed by atoms with E-state index in [9.17, 15) is 0 Å². The number of hydrogen-bond acceptors (Lipinski definition) is 4. The maximum atomic E-state index is 4.17. The summed E-state index contributed by atoms with van der Waals surface area (Å²) in [5.74, 6) is 1.74. The van der Waals surface area contributed by atoms with Gasteiger partial charge in [-0.15, -0.1) is 10.2 Å². The lowest BCUT2D eigenvalue weighted by Gasteiger charge is -2.07. The summed E-state index contributed by atoms with van der Waals surface area (Å²) in [6.07, 6.45) is 3.68. The molecule has 0 saturated carbocycles. The average Bonchev–Trinajstić information content (AvgIpc) is 2.90. The molecule has 0 bridgehead atoms. The van der Waals surface area contributed by atoms with Gasteiger partial charge in [0.05, 0.1) is 0 Å². The molecule has 2 aromatic rings. The van der Waals surface area contributed by atoms with E-state index < -0.39 is 0 Å². The molecule has 6 nitrogen and oxygen atoms in total. The largest absolute Gasteiger partial charge is 0.355 e. The van der Waals surface area contributed by atoms with Crippen LogP contribution in [0.15, 0.2) is 18.5 Å². The van der Waals surface area contributed by atoms with Gasteiger partial charge in [-0.1, -0.05) is 0 Å². The molecule has 0 aliphatic heterocycles. The summed E-state index contributed by atoms with van der Waals surface area (Å²) in [5, 5.41) is 15.6. The highest BCUT2D eigenvalue weighted by Crippen LogP contribution is 2.08. The molecule has 0 fully saturated rings. The standard InChI is InChI=1S/C10H16N6/c1-3-11-10-14-13-9(16(10)4-2)8-15-7-5-6-12-15/h5-7H,3-4,8H2,1-2H3,(H,11,14). The average molecular weight is 220 g/mol. The summed E-state index contributed by atoms with van der Waals surface area (Å²) in [5.41, 5.74) is 0. The molecule has 2 heterocycles. The number of hydrogen-bond donors (Lipinski definition) is 1. The van der Waals surface area contributed by atoms with E-state index in [1.54, 1.807) is 6.20 Å². The molecule has 6 heteroatoms. The van der Waals surface area contributed by atoms with Gasteiger partial charge in [-0.3, -0.25) is 9.25 Å². The van der Waals surface area contributed by atoms with Gasteiger partial charge in [-0.2, -0.15) is 5.10 Å². The number of anilines is 1. The predicted octanol–water partition coefficient (Wildman–Crippen LogP) is 0.975. The number of aromatic nitrogens is 5. The van der Waals surface area contributed by atoms with E-state index in [2.05, 4.69) is 32.1 Å². The van der Waals surface area contributed by atoms with Crippen molar-refractivity contribution in [1.29, 1.82) is 0 Å². The SMILES string of the molecule is CCNc1nnc(Cn2cccn2)n1CC. The molecule has 2 rings (SSSR count). The zero-order valence-corrected chi connectivity index (χ0v) is 9.59. The van der Waals surface area contributed by atoms with Crippen LogP contribution in [0, 0.1) is 0 Å². The summed E-state index contributed by atoms with van der Waals surface area (Å²) in [4.78, 5) is 0. The van der Waals surface area contributed by atoms with Gasteiger partial charge >= 0.3 is 0 Å². The van der Waals surface area contributed by atoms with Crippen molar-refractivity contribution in [3.63, 3.8) is 0 Å². The van der Waals surface area contributed by atoms with Crippen molar-refractivity contribution >= 4 is 5.95 Å². The van der Waals surface area contributed by atoms with Gasteiger partial charge in [0.25, 0.3) is 0 Å². The second-order valence-corrected chi connectivity index (χ2v) is 3.42. The molecule has 0 unspecified atom stereocenters. The molecule has 0 spiro atoms. The minimum atomic E-state index is 0.652. The fourth-order valence-electron chi connectivity index (χ4n) is 1.61. The fraction of sp³-hybridized carbons (Fsp3) is 0.500. The van der Waals surface area contributed by atoms with Crippen molar-refractivity contribution in [1.82, 2.24) is 24.5 Å².